The van der Waals surface area contributed by atoms with Gasteiger partial charge in [-0.15, -0.1) is 0 Å². The zero-order chi connectivity index (χ0) is 22.0. The first-order valence-electron chi connectivity index (χ1n) is 9.24. The standard InChI is InChI=1S/C21H19N3O7/c1-28-14-5-3-13(4-6-14)22-19(25)10-24-20(26)15(23-21(24)27)7-12-8-17-18(31-11-30-17)9-16(12)29-2/h3-9H,10-11H2,1-2H3,(H,22,25)(H,23,27)/b15-7+. The number of anilines is 1. The molecule has 10 heteroatoms. The Bertz CT molecular complexity index is 1080. The van der Waals surface area contributed by atoms with E-state index in [1.54, 1.807) is 36.4 Å². The monoisotopic (exact) mass is 425 g/mol. The number of nitrogens with one attached hydrogen (secondary N) is 2. The highest BCUT2D eigenvalue weighted by atomic mass is 16.7. The van der Waals surface area contributed by atoms with Crippen LogP contribution in [0.4, 0.5) is 10.5 Å². The van der Waals surface area contributed by atoms with Crippen LogP contribution in [0.15, 0.2) is 42.1 Å². The fourth-order valence-corrected chi connectivity index (χ4v) is 3.12. The number of hydrogen-bond donors (Lipinski definition) is 2. The molecular weight excluding hydrogens is 406 g/mol. The number of rotatable bonds is 6. The minimum Gasteiger partial charge on any atom is -0.497 e. The molecule has 0 bridgehead atoms. The van der Waals surface area contributed by atoms with Crippen LogP contribution in [0.2, 0.25) is 0 Å². The zero-order valence-electron chi connectivity index (χ0n) is 16.8. The number of nitrogens with zero attached hydrogens (tertiary/aromatic N) is 1. The number of ether oxygens (including phenoxy) is 4. The van der Waals surface area contributed by atoms with Gasteiger partial charge < -0.3 is 29.6 Å². The lowest BCUT2D eigenvalue weighted by Gasteiger charge is -2.12. The predicted molar refractivity (Wildman–Crippen MR) is 109 cm³/mol. The third kappa shape index (κ3) is 4.08. The Labute approximate surface area is 177 Å². The molecule has 1 fully saturated rings. The molecule has 4 amide bonds. The number of amides is 4. The van der Waals surface area contributed by atoms with Crippen LogP contribution in [-0.2, 0) is 9.59 Å². The van der Waals surface area contributed by atoms with Crippen molar-refractivity contribution >= 4 is 29.6 Å². The number of hydrogen-bond acceptors (Lipinski definition) is 7. The topological polar surface area (TPSA) is 115 Å². The summed E-state index contributed by atoms with van der Waals surface area (Å²) in [5, 5.41) is 5.11. The fourth-order valence-electron chi connectivity index (χ4n) is 3.12. The lowest BCUT2D eigenvalue weighted by molar-refractivity contribution is -0.127. The van der Waals surface area contributed by atoms with Gasteiger partial charge in [0.05, 0.1) is 14.2 Å². The second-order valence-corrected chi connectivity index (χ2v) is 6.60. The molecule has 2 N–H and O–H groups in total. The number of methoxy groups -OCH3 is 2. The summed E-state index contributed by atoms with van der Waals surface area (Å²) in [6.45, 7) is -0.350. The lowest BCUT2D eigenvalue weighted by atomic mass is 10.1. The first kappa shape index (κ1) is 20.1. The Morgan fingerprint density at radius 2 is 1.84 bits per heavy atom. The van der Waals surface area contributed by atoms with Gasteiger partial charge in [-0.25, -0.2) is 9.69 Å². The Morgan fingerprint density at radius 3 is 2.52 bits per heavy atom. The normalized spacial score (nSPS) is 15.8. The minimum atomic E-state index is -0.694. The van der Waals surface area contributed by atoms with Crippen LogP contribution in [0.3, 0.4) is 0 Å². The number of urea groups is 1. The third-order valence-corrected chi connectivity index (χ3v) is 4.66. The molecule has 2 heterocycles. The number of fused-ring (bicyclic) bond motifs is 1. The smallest absolute Gasteiger partial charge is 0.329 e. The first-order valence-corrected chi connectivity index (χ1v) is 9.24. The van der Waals surface area contributed by atoms with Crippen molar-refractivity contribution in [2.45, 2.75) is 0 Å². The number of imide groups is 1. The van der Waals surface area contributed by atoms with Gasteiger partial charge in [0.1, 0.15) is 23.7 Å². The van der Waals surface area contributed by atoms with Crippen LogP contribution in [-0.4, -0.2) is 50.3 Å². The van der Waals surface area contributed by atoms with E-state index < -0.39 is 24.4 Å². The van der Waals surface area contributed by atoms with E-state index in [-0.39, 0.29) is 12.5 Å². The molecule has 10 nitrogen and oxygen atoms in total. The van der Waals surface area contributed by atoms with Gasteiger partial charge in [0.25, 0.3) is 5.91 Å². The van der Waals surface area contributed by atoms with Gasteiger partial charge in [0.15, 0.2) is 11.5 Å². The van der Waals surface area contributed by atoms with Crippen molar-refractivity contribution in [1.82, 2.24) is 10.2 Å². The van der Waals surface area contributed by atoms with Gasteiger partial charge in [0, 0.05) is 17.3 Å². The molecule has 1 saturated heterocycles. The first-order chi connectivity index (χ1) is 15.0. The van der Waals surface area contributed by atoms with Crippen LogP contribution in [0.5, 0.6) is 23.0 Å². The van der Waals surface area contributed by atoms with Gasteiger partial charge >= 0.3 is 6.03 Å². The minimum absolute atomic E-state index is 0.0133. The van der Waals surface area contributed by atoms with Crippen molar-refractivity contribution in [2.75, 3.05) is 32.9 Å². The van der Waals surface area contributed by atoms with Crippen molar-refractivity contribution in [1.29, 1.82) is 0 Å². The number of benzene rings is 2. The molecule has 160 valence electrons. The molecule has 2 aromatic carbocycles. The van der Waals surface area contributed by atoms with E-state index in [1.165, 1.54) is 20.3 Å². The summed E-state index contributed by atoms with van der Waals surface area (Å²) in [4.78, 5) is 38.1. The van der Waals surface area contributed by atoms with E-state index in [4.69, 9.17) is 18.9 Å². The molecule has 0 unspecified atom stereocenters. The SMILES string of the molecule is COc1ccc(NC(=O)CN2C(=O)N/C(=C/c3cc4c(cc3OC)OCO4)C2=O)cc1. The van der Waals surface area contributed by atoms with E-state index in [0.717, 1.165) is 4.90 Å². The van der Waals surface area contributed by atoms with Gasteiger partial charge in [-0.3, -0.25) is 9.59 Å². The Morgan fingerprint density at radius 1 is 1.13 bits per heavy atom. The molecule has 2 aromatic rings. The Hall–Kier alpha value is -4.21. The second-order valence-electron chi connectivity index (χ2n) is 6.60. The molecule has 0 atom stereocenters. The molecule has 2 aliphatic rings. The van der Waals surface area contributed by atoms with E-state index in [1.807, 2.05) is 0 Å². The maximum Gasteiger partial charge on any atom is 0.329 e. The summed E-state index contributed by atoms with van der Waals surface area (Å²) in [5.74, 6) is 0.957. The van der Waals surface area contributed by atoms with Crippen molar-refractivity contribution in [3.8, 4) is 23.0 Å². The van der Waals surface area contributed by atoms with E-state index in [2.05, 4.69) is 10.6 Å². The van der Waals surface area contributed by atoms with Crippen LogP contribution >= 0.6 is 0 Å². The van der Waals surface area contributed by atoms with E-state index in [0.29, 0.717) is 34.2 Å². The molecule has 0 spiro atoms. The average molecular weight is 425 g/mol. The van der Waals surface area contributed by atoms with E-state index >= 15 is 0 Å². The highest BCUT2D eigenvalue weighted by Gasteiger charge is 2.35. The van der Waals surface area contributed by atoms with Crippen LogP contribution < -0.4 is 29.6 Å². The van der Waals surface area contributed by atoms with Crippen molar-refractivity contribution < 1.29 is 33.3 Å². The summed E-state index contributed by atoms with van der Waals surface area (Å²) in [7, 11) is 3.01. The number of carbonyl (C=O) groups excluding carboxylic acids is 3. The lowest BCUT2D eigenvalue weighted by Crippen LogP contribution is -2.38. The summed E-state index contributed by atoms with van der Waals surface area (Å²) in [5.41, 5.74) is 1.04. The average Bonchev–Trinajstić information content (AvgIpc) is 3.33. The molecular formula is C21H19N3O7. The maximum absolute atomic E-state index is 12.7. The highest BCUT2D eigenvalue weighted by Crippen LogP contribution is 2.39. The molecule has 0 aliphatic carbocycles. The molecule has 31 heavy (non-hydrogen) atoms. The van der Waals surface area contributed by atoms with E-state index in [9.17, 15) is 14.4 Å². The van der Waals surface area contributed by atoms with Crippen molar-refractivity contribution in [3.63, 3.8) is 0 Å². The van der Waals surface area contributed by atoms with Gasteiger partial charge in [0.2, 0.25) is 12.7 Å². The zero-order valence-corrected chi connectivity index (χ0v) is 16.8. The summed E-state index contributed by atoms with van der Waals surface area (Å²) in [6.07, 6.45) is 1.46. The second kappa shape index (κ2) is 8.27. The van der Waals surface area contributed by atoms with Crippen LogP contribution in [0.25, 0.3) is 6.08 Å². The number of carbonyl (C=O) groups is 3. The Balaban J connectivity index is 1.48. The predicted octanol–water partition coefficient (Wildman–Crippen LogP) is 1.96. The van der Waals surface area contributed by atoms with Crippen molar-refractivity contribution in [3.05, 3.63) is 47.7 Å². The maximum atomic E-state index is 12.7. The van der Waals surface area contributed by atoms with Gasteiger partial charge in [-0.1, -0.05) is 0 Å². The third-order valence-electron chi connectivity index (χ3n) is 4.66. The summed E-state index contributed by atoms with van der Waals surface area (Å²) in [6, 6.07) is 9.26. The molecule has 0 radical (unpaired) electrons. The van der Waals surface area contributed by atoms with Crippen molar-refractivity contribution in [2.24, 2.45) is 0 Å². The highest BCUT2D eigenvalue weighted by molar-refractivity contribution is 6.16. The van der Waals surface area contributed by atoms with Crippen LogP contribution in [0.1, 0.15) is 5.56 Å². The Kier molecular flexibility index (Phi) is 5.35. The quantitative estimate of drug-likeness (QED) is 0.537. The van der Waals surface area contributed by atoms with Gasteiger partial charge in [-0.2, -0.15) is 0 Å². The largest absolute Gasteiger partial charge is 0.497 e. The molecule has 4 rings (SSSR count). The summed E-state index contributed by atoms with van der Waals surface area (Å²) < 4.78 is 21.0. The fraction of sp³-hybridized carbons (Fsp3) is 0.190. The molecule has 0 aromatic heterocycles. The molecule has 0 saturated carbocycles. The van der Waals surface area contributed by atoms with Gasteiger partial charge in [-0.05, 0) is 36.4 Å². The molecule has 2 aliphatic heterocycles. The van der Waals surface area contributed by atoms with Crippen LogP contribution in [0, 0.1) is 0 Å². The summed E-state index contributed by atoms with van der Waals surface area (Å²) >= 11 is 0.